The van der Waals surface area contributed by atoms with Gasteiger partial charge in [-0.2, -0.15) is 13.2 Å². The molecule has 0 spiro atoms. The Morgan fingerprint density at radius 2 is 1.95 bits per heavy atom. The minimum absolute atomic E-state index is 0.00185. The number of nitrogens with zero attached hydrogens (tertiary/aromatic N) is 3. The standard InChI is InChI=1S/C27H29F3N4O4S/c1-15(35)4-5-16-10-17(12-18(11-16)33-24-31-9-7-21(34-24)27(28,29)30)20-13-32-23(39-20)26(38)8-6-19(22(36)37)25(2,3)14-26/h7,9-13,19,38H,4-6,8,14H2,1-3H3,(H,36,37)(H,31,33,34)/t19-,26-/m1/s1. The van der Waals surface area contributed by atoms with Crippen LogP contribution in [0.15, 0.2) is 36.7 Å². The number of benzene rings is 1. The molecule has 3 N–H and O–H groups in total. The zero-order chi connectivity index (χ0) is 28.6. The number of carbonyl (C=O) groups excluding carboxylic acids is 1. The lowest BCUT2D eigenvalue weighted by Gasteiger charge is -2.44. The van der Waals surface area contributed by atoms with Gasteiger partial charge in [-0.1, -0.05) is 19.9 Å². The van der Waals surface area contributed by atoms with E-state index < -0.39 is 34.8 Å². The summed E-state index contributed by atoms with van der Waals surface area (Å²) in [5, 5.41) is 24.3. The molecule has 0 aliphatic heterocycles. The number of carboxylic acid groups (broad SMARTS) is 1. The zero-order valence-corrected chi connectivity index (χ0v) is 22.5. The third kappa shape index (κ3) is 6.62. The van der Waals surface area contributed by atoms with E-state index in [0.717, 1.165) is 17.8 Å². The van der Waals surface area contributed by atoms with Gasteiger partial charge in [0.1, 0.15) is 22.1 Å². The normalized spacial score (nSPS) is 20.9. The highest BCUT2D eigenvalue weighted by Crippen LogP contribution is 2.51. The van der Waals surface area contributed by atoms with Gasteiger partial charge in [-0.25, -0.2) is 15.0 Å². The summed E-state index contributed by atoms with van der Waals surface area (Å²) < 4.78 is 39.4. The molecule has 8 nitrogen and oxygen atoms in total. The summed E-state index contributed by atoms with van der Waals surface area (Å²) in [4.78, 5) is 35.9. The number of hydrogen-bond donors (Lipinski definition) is 3. The molecule has 1 aliphatic carbocycles. The molecule has 4 rings (SSSR count). The fourth-order valence-corrected chi connectivity index (χ4v) is 6.10. The maximum absolute atomic E-state index is 13.1. The van der Waals surface area contributed by atoms with Crippen LogP contribution in [0, 0.1) is 11.3 Å². The number of rotatable bonds is 8. The van der Waals surface area contributed by atoms with Crippen molar-refractivity contribution in [1.29, 1.82) is 0 Å². The van der Waals surface area contributed by atoms with Crippen molar-refractivity contribution < 1.29 is 33.0 Å². The fraction of sp³-hybridized carbons (Fsp3) is 0.444. The molecule has 39 heavy (non-hydrogen) atoms. The second-order valence-corrected chi connectivity index (χ2v) is 11.7. The molecule has 2 aromatic heterocycles. The van der Waals surface area contributed by atoms with Gasteiger partial charge in [0.25, 0.3) is 0 Å². The Hall–Kier alpha value is -3.38. The molecule has 2 atom stereocenters. The number of anilines is 2. The lowest BCUT2D eigenvalue weighted by molar-refractivity contribution is -0.154. The SMILES string of the molecule is CC(=O)CCc1cc(Nc2nccc(C(F)(F)F)n2)cc(-c2cnc([C@@]3(O)CC[C@H](C(=O)O)C(C)(C)C3)s2)c1. The number of carboxylic acids is 1. The van der Waals surface area contributed by atoms with Gasteiger partial charge in [-0.15, -0.1) is 11.3 Å². The Balaban J connectivity index is 1.66. The highest BCUT2D eigenvalue weighted by molar-refractivity contribution is 7.15. The van der Waals surface area contributed by atoms with E-state index in [1.54, 1.807) is 18.3 Å². The van der Waals surface area contributed by atoms with Crippen LogP contribution < -0.4 is 5.32 Å². The van der Waals surface area contributed by atoms with Crippen LogP contribution >= 0.6 is 11.3 Å². The van der Waals surface area contributed by atoms with Crippen LogP contribution in [0.2, 0.25) is 0 Å². The second-order valence-electron chi connectivity index (χ2n) is 10.7. The Labute approximate surface area is 227 Å². The number of carbonyl (C=O) groups is 2. The molecule has 0 radical (unpaired) electrons. The summed E-state index contributed by atoms with van der Waals surface area (Å²) in [5.41, 5.74) is -1.10. The van der Waals surface area contributed by atoms with Crippen molar-refractivity contribution in [2.24, 2.45) is 11.3 Å². The first-order valence-corrected chi connectivity index (χ1v) is 13.2. The van der Waals surface area contributed by atoms with Gasteiger partial charge in [-0.3, -0.25) is 4.79 Å². The average Bonchev–Trinajstić information content (AvgIpc) is 3.33. The van der Waals surface area contributed by atoms with Crippen molar-refractivity contribution in [2.45, 2.75) is 64.7 Å². The minimum atomic E-state index is -4.62. The number of Topliss-reactive ketones (excluding diaryl/α,β-unsaturated/α-hetero) is 1. The molecule has 0 bridgehead atoms. The lowest BCUT2D eigenvalue weighted by Crippen LogP contribution is -2.44. The largest absolute Gasteiger partial charge is 0.481 e. The molecule has 1 fully saturated rings. The Morgan fingerprint density at radius 3 is 2.59 bits per heavy atom. The van der Waals surface area contributed by atoms with E-state index in [-0.39, 0.29) is 31.0 Å². The fourth-order valence-electron chi connectivity index (χ4n) is 5.08. The van der Waals surface area contributed by atoms with Crippen LogP contribution in [0.3, 0.4) is 0 Å². The molecular weight excluding hydrogens is 533 g/mol. The maximum atomic E-state index is 13.1. The number of aryl methyl sites for hydroxylation is 1. The summed E-state index contributed by atoms with van der Waals surface area (Å²) in [7, 11) is 0. The molecule has 1 saturated carbocycles. The topological polar surface area (TPSA) is 125 Å². The van der Waals surface area contributed by atoms with Crippen LogP contribution in [0.1, 0.15) is 62.7 Å². The molecule has 0 unspecified atom stereocenters. The first-order chi connectivity index (χ1) is 18.2. The van der Waals surface area contributed by atoms with Gasteiger partial charge < -0.3 is 20.3 Å². The Kier molecular flexibility index (Phi) is 7.82. The Morgan fingerprint density at radius 1 is 1.21 bits per heavy atom. The van der Waals surface area contributed by atoms with Crippen LogP contribution in [0.4, 0.5) is 24.8 Å². The number of nitrogens with one attached hydrogen (secondary N) is 1. The van der Waals surface area contributed by atoms with Crippen molar-refractivity contribution in [3.63, 3.8) is 0 Å². The summed E-state index contributed by atoms with van der Waals surface area (Å²) in [5.74, 6) is -1.68. The van der Waals surface area contributed by atoms with Crippen LogP contribution in [0.5, 0.6) is 0 Å². The van der Waals surface area contributed by atoms with E-state index in [9.17, 15) is 33.0 Å². The van der Waals surface area contributed by atoms with Crippen molar-refractivity contribution in [3.8, 4) is 10.4 Å². The number of aliphatic carboxylic acids is 1. The first kappa shape index (κ1) is 28.6. The van der Waals surface area contributed by atoms with E-state index in [1.165, 1.54) is 18.3 Å². The maximum Gasteiger partial charge on any atom is 0.433 e. The van der Waals surface area contributed by atoms with Crippen molar-refractivity contribution >= 4 is 34.7 Å². The molecule has 3 aromatic rings. The number of halogens is 3. The van der Waals surface area contributed by atoms with Gasteiger partial charge in [0.2, 0.25) is 5.95 Å². The molecule has 0 saturated heterocycles. The van der Waals surface area contributed by atoms with E-state index >= 15 is 0 Å². The molecule has 0 amide bonds. The summed E-state index contributed by atoms with van der Waals surface area (Å²) >= 11 is 1.27. The van der Waals surface area contributed by atoms with E-state index in [0.29, 0.717) is 34.0 Å². The van der Waals surface area contributed by atoms with Crippen molar-refractivity contribution in [2.75, 3.05) is 5.32 Å². The van der Waals surface area contributed by atoms with Crippen LogP contribution in [-0.2, 0) is 27.8 Å². The molecular formula is C27H29F3N4O4S. The molecule has 2 heterocycles. The molecule has 1 aromatic carbocycles. The van der Waals surface area contributed by atoms with E-state index in [2.05, 4.69) is 20.3 Å². The zero-order valence-electron chi connectivity index (χ0n) is 21.7. The monoisotopic (exact) mass is 562 g/mol. The highest BCUT2D eigenvalue weighted by atomic mass is 32.1. The first-order valence-electron chi connectivity index (χ1n) is 12.4. The molecule has 12 heteroatoms. The minimum Gasteiger partial charge on any atom is -0.481 e. The number of alkyl halides is 3. The number of ketones is 1. The van der Waals surface area contributed by atoms with E-state index in [1.807, 2.05) is 19.9 Å². The average molecular weight is 563 g/mol. The lowest BCUT2D eigenvalue weighted by atomic mass is 9.63. The van der Waals surface area contributed by atoms with Crippen LogP contribution in [-0.4, -0.2) is 36.9 Å². The summed E-state index contributed by atoms with van der Waals surface area (Å²) in [6, 6.07) is 6.09. The van der Waals surface area contributed by atoms with Gasteiger partial charge in [0.15, 0.2) is 0 Å². The third-order valence-electron chi connectivity index (χ3n) is 6.99. The smallest absolute Gasteiger partial charge is 0.433 e. The van der Waals surface area contributed by atoms with E-state index in [4.69, 9.17) is 0 Å². The Bertz CT molecular complexity index is 1390. The number of aromatic nitrogens is 3. The van der Waals surface area contributed by atoms with Crippen molar-refractivity contribution in [1.82, 2.24) is 15.0 Å². The van der Waals surface area contributed by atoms with Gasteiger partial charge in [0.05, 0.1) is 10.8 Å². The number of aliphatic hydroxyl groups is 1. The third-order valence-corrected chi connectivity index (χ3v) is 8.22. The summed E-state index contributed by atoms with van der Waals surface area (Å²) in [6.07, 6.45) is -0.456. The predicted molar refractivity (Wildman–Crippen MR) is 140 cm³/mol. The molecule has 1 aliphatic rings. The van der Waals surface area contributed by atoms with Crippen molar-refractivity contribution in [3.05, 3.63) is 52.9 Å². The second kappa shape index (κ2) is 10.6. The highest BCUT2D eigenvalue weighted by Gasteiger charge is 2.49. The summed E-state index contributed by atoms with van der Waals surface area (Å²) in [6.45, 7) is 5.14. The van der Waals surface area contributed by atoms with Crippen LogP contribution in [0.25, 0.3) is 10.4 Å². The molecule has 208 valence electrons. The quantitative estimate of drug-likeness (QED) is 0.306. The predicted octanol–water partition coefficient (Wildman–Crippen LogP) is 5.98. The number of thiazole rings is 1. The number of hydrogen-bond acceptors (Lipinski definition) is 8. The van der Waals surface area contributed by atoms with Gasteiger partial charge in [0, 0.05) is 24.5 Å². The van der Waals surface area contributed by atoms with Gasteiger partial charge in [-0.05, 0) is 67.3 Å². The van der Waals surface area contributed by atoms with Gasteiger partial charge >= 0.3 is 12.1 Å².